The van der Waals surface area contributed by atoms with Gasteiger partial charge in [0.25, 0.3) is 0 Å². The van der Waals surface area contributed by atoms with Gasteiger partial charge < -0.3 is 0 Å². The van der Waals surface area contributed by atoms with Gasteiger partial charge in [0.1, 0.15) is 0 Å². The van der Waals surface area contributed by atoms with Crippen molar-refractivity contribution in [3.63, 3.8) is 0 Å². The lowest BCUT2D eigenvalue weighted by Crippen LogP contribution is -2.37. The van der Waals surface area contributed by atoms with Crippen LogP contribution in [-0.4, -0.2) is 15.8 Å². The summed E-state index contributed by atoms with van der Waals surface area (Å²) in [7, 11) is 1.98. The molecule has 0 spiro atoms. The molecule has 4 heteroatoms. The van der Waals surface area contributed by atoms with Gasteiger partial charge in [0.05, 0.1) is 5.69 Å². The number of nitrogens with two attached hydrogens (primary N) is 1. The Bertz CT molecular complexity index is 293. The fraction of sp³-hybridized carbons (Fsp3) is 0.727. The second-order valence-corrected chi connectivity index (χ2v) is 4.11. The summed E-state index contributed by atoms with van der Waals surface area (Å²) < 4.78 is 1.94. The molecule has 86 valence electrons. The highest BCUT2D eigenvalue weighted by atomic mass is 15.3. The van der Waals surface area contributed by atoms with Crippen molar-refractivity contribution in [1.29, 1.82) is 0 Å². The number of rotatable bonds is 6. The number of hydrazine groups is 1. The lowest BCUT2D eigenvalue weighted by molar-refractivity contribution is 0.462. The minimum absolute atomic E-state index is 0.361. The average Bonchev–Trinajstić information content (AvgIpc) is 2.52. The summed E-state index contributed by atoms with van der Waals surface area (Å²) in [6.07, 6.45) is 4.50. The third kappa shape index (κ3) is 3.64. The third-order valence-corrected chi connectivity index (χ3v) is 2.70. The Balaban J connectivity index is 2.54. The largest absolute Gasteiger partial charge is 0.272 e. The molecule has 0 aliphatic heterocycles. The molecule has 1 rings (SSSR count). The van der Waals surface area contributed by atoms with E-state index in [1.165, 1.54) is 18.5 Å². The molecule has 15 heavy (non-hydrogen) atoms. The van der Waals surface area contributed by atoms with E-state index in [0.29, 0.717) is 6.04 Å². The summed E-state index contributed by atoms with van der Waals surface area (Å²) in [5.41, 5.74) is 5.19. The number of unbranched alkanes of at least 4 members (excludes halogenated alkanes) is 1. The second-order valence-electron chi connectivity index (χ2n) is 4.11. The van der Waals surface area contributed by atoms with Crippen molar-refractivity contribution in [3.8, 4) is 0 Å². The molecule has 4 nitrogen and oxygen atoms in total. The molecule has 0 aliphatic rings. The maximum Gasteiger partial charge on any atom is 0.0596 e. The van der Waals surface area contributed by atoms with Crippen LogP contribution in [0.5, 0.6) is 0 Å². The molecule has 1 aromatic heterocycles. The number of aryl methyl sites for hydroxylation is 2. The predicted molar refractivity (Wildman–Crippen MR) is 62.3 cm³/mol. The molecule has 3 N–H and O–H groups in total. The fourth-order valence-corrected chi connectivity index (χ4v) is 1.80. The number of nitrogens with one attached hydrogen (secondary N) is 1. The zero-order valence-corrected chi connectivity index (χ0v) is 9.95. The zero-order valence-electron chi connectivity index (χ0n) is 9.95. The molecule has 0 radical (unpaired) electrons. The van der Waals surface area contributed by atoms with Crippen molar-refractivity contribution in [1.82, 2.24) is 15.2 Å². The predicted octanol–water partition coefficient (Wildman–Crippen LogP) is 1.29. The van der Waals surface area contributed by atoms with Crippen molar-refractivity contribution in [2.45, 2.75) is 45.6 Å². The zero-order chi connectivity index (χ0) is 11.3. The molecule has 0 bridgehead atoms. The quantitative estimate of drug-likeness (QED) is 0.549. The van der Waals surface area contributed by atoms with E-state index in [4.69, 9.17) is 5.84 Å². The normalized spacial score (nSPS) is 13.1. The van der Waals surface area contributed by atoms with Gasteiger partial charge in [-0.25, -0.2) is 0 Å². The fourth-order valence-electron chi connectivity index (χ4n) is 1.80. The van der Waals surface area contributed by atoms with Crippen LogP contribution >= 0.6 is 0 Å². The van der Waals surface area contributed by atoms with Crippen molar-refractivity contribution >= 4 is 0 Å². The van der Waals surface area contributed by atoms with E-state index in [1.807, 2.05) is 18.7 Å². The number of aromatic nitrogens is 2. The number of hydrogen-bond donors (Lipinski definition) is 2. The Hall–Kier alpha value is -0.870. The Labute approximate surface area is 91.8 Å². The van der Waals surface area contributed by atoms with Crippen LogP contribution in [0.3, 0.4) is 0 Å². The molecular formula is C11H22N4. The molecule has 0 aromatic carbocycles. The molecule has 1 aromatic rings. The molecule has 0 fully saturated rings. The van der Waals surface area contributed by atoms with E-state index >= 15 is 0 Å². The van der Waals surface area contributed by atoms with Crippen molar-refractivity contribution in [2.75, 3.05) is 0 Å². The Morgan fingerprint density at radius 2 is 2.33 bits per heavy atom. The summed E-state index contributed by atoms with van der Waals surface area (Å²) in [5.74, 6) is 5.54. The average molecular weight is 210 g/mol. The molecule has 0 saturated carbocycles. The van der Waals surface area contributed by atoms with E-state index in [2.05, 4.69) is 23.5 Å². The molecule has 0 amide bonds. The molecule has 0 aliphatic carbocycles. The van der Waals surface area contributed by atoms with Gasteiger partial charge in [-0.2, -0.15) is 5.10 Å². The SMILES string of the molecule is CCCCC(Cc1cc(C)nn1C)NN. The van der Waals surface area contributed by atoms with Crippen LogP contribution in [0.4, 0.5) is 0 Å². The van der Waals surface area contributed by atoms with E-state index in [-0.39, 0.29) is 0 Å². The lowest BCUT2D eigenvalue weighted by Gasteiger charge is -2.15. The summed E-state index contributed by atoms with van der Waals surface area (Å²) in [6.45, 7) is 4.21. The molecule has 0 saturated heterocycles. The Morgan fingerprint density at radius 1 is 1.60 bits per heavy atom. The van der Waals surface area contributed by atoms with Crippen LogP contribution in [0.15, 0.2) is 6.07 Å². The standard InChI is InChI=1S/C11H22N4/c1-4-5-6-10(13-12)8-11-7-9(2)14-15(11)3/h7,10,13H,4-6,8,12H2,1-3H3. The first-order chi connectivity index (χ1) is 7.17. The molecular weight excluding hydrogens is 188 g/mol. The third-order valence-electron chi connectivity index (χ3n) is 2.70. The van der Waals surface area contributed by atoms with Gasteiger partial charge in [-0.05, 0) is 19.4 Å². The number of nitrogens with zero attached hydrogens (tertiary/aromatic N) is 2. The summed E-state index contributed by atoms with van der Waals surface area (Å²) in [5, 5.41) is 4.33. The molecule has 1 unspecified atom stereocenters. The second kappa shape index (κ2) is 5.88. The Morgan fingerprint density at radius 3 is 2.80 bits per heavy atom. The first kappa shape index (κ1) is 12.2. The van der Waals surface area contributed by atoms with Gasteiger partial charge in [0, 0.05) is 25.2 Å². The van der Waals surface area contributed by atoms with Crippen LogP contribution in [0.2, 0.25) is 0 Å². The van der Waals surface area contributed by atoms with Gasteiger partial charge in [-0.1, -0.05) is 19.8 Å². The summed E-state index contributed by atoms with van der Waals surface area (Å²) in [6, 6.07) is 2.48. The van der Waals surface area contributed by atoms with Crippen LogP contribution in [0.1, 0.15) is 37.6 Å². The van der Waals surface area contributed by atoms with Crippen LogP contribution in [0, 0.1) is 6.92 Å². The number of hydrogen-bond acceptors (Lipinski definition) is 3. The molecule has 1 atom stereocenters. The van der Waals surface area contributed by atoms with E-state index in [9.17, 15) is 0 Å². The van der Waals surface area contributed by atoms with Gasteiger partial charge in [-0.15, -0.1) is 0 Å². The van der Waals surface area contributed by atoms with Crippen LogP contribution < -0.4 is 11.3 Å². The maximum atomic E-state index is 5.54. The highest BCUT2D eigenvalue weighted by Gasteiger charge is 2.10. The highest BCUT2D eigenvalue weighted by molar-refractivity contribution is 5.09. The Kier molecular flexibility index (Phi) is 4.78. The van der Waals surface area contributed by atoms with Gasteiger partial charge in [0.15, 0.2) is 0 Å². The summed E-state index contributed by atoms with van der Waals surface area (Å²) >= 11 is 0. The minimum atomic E-state index is 0.361. The minimum Gasteiger partial charge on any atom is -0.272 e. The van der Waals surface area contributed by atoms with Gasteiger partial charge in [-0.3, -0.25) is 16.0 Å². The van der Waals surface area contributed by atoms with E-state index < -0.39 is 0 Å². The van der Waals surface area contributed by atoms with Crippen LogP contribution in [0.25, 0.3) is 0 Å². The van der Waals surface area contributed by atoms with Crippen molar-refractivity contribution in [2.24, 2.45) is 12.9 Å². The van der Waals surface area contributed by atoms with Crippen molar-refractivity contribution in [3.05, 3.63) is 17.5 Å². The van der Waals surface area contributed by atoms with E-state index in [1.54, 1.807) is 0 Å². The molecule has 1 heterocycles. The summed E-state index contributed by atoms with van der Waals surface area (Å²) in [4.78, 5) is 0. The first-order valence-electron chi connectivity index (χ1n) is 5.63. The first-order valence-corrected chi connectivity index (χ1v) is 5.63. The van der Waals surface area contributed by atoms with Crippen molar-refractivity contribution < 1.29 is 0 Å². The highest BCUT2D eigenvalue weighted by Crippen LogP contribution is 2.09. The monoisotopic (exact) mass is 210 g/mol. The lowest BCUT2D eigenvalue weighted by atomic mass is 10.1. The smallest absolute Gasteiger partial charge is 0.0596 e. The van der Waals surface area contributed by atoms with E-state index in [0.717, 1.165) is 18.5 Å². The van der Waals surface area contributed by atoms with Gasteiger partial charge >= 0.3 is 0 Å². The maximum absolute atomic E-state index is 5.54. The topological polar surface area (TPSA) is 55.9 Å². The van der Waals surface area contributed by atoms with Gasteiger partial charge in [0.2, 0.25) is 0 Å². The van der Waals surface area contributed by atoms with Crippen LogP contribution in [-0.2, 0) is 13.5 Å².